The van der Waals surface area contributed by atoms with Crippen LogP contribution in [0.25, 0.3) is 5.65 Å². The fourth-order valence-corrected chi connectivity index (χ4v) is 3.35. The highest BCUT2D eigenvalue weighted by Crippen LogP contribution is 2.31. The molecule has 0 bridgehead atoms. The molecule has 1 N–H and O–H groups in total. The van der Waals surface area contributed by atoms with Crippen molar-refractivity contribution in [3.05, 3.63) is 48.2 Å². The van der Waals surface area contributed by atoms with Crippen molar-refractivity contribution in [3.63, 3.8) is 0 Å². The van der Waals surface area contributed by atoms with Crippen LogP contribution >= 0.6 is 0 Å². The van der Waals surface area contributed by atoms with Crippen molar-refractivity contribution in [1.29, 1.82) is 0 Å². The molecule has 0 aromatic carbocycles. The zero-order valence-electron chi connectivity index (χ0n) is 13.4. The second-order valence-electron chi connectivity index (χ2n) is 6.31. The molecule has 4 rings (SSSR count). The maximum atomic E-state index is 12.7. The van der Waals surface area contributed by atoms with E-state index in [2.05, 4.69) is 24.8 Å². The van der Waals surface area contributed by atoms with E-state index in [1.807, 2.05) is 16.8 Å². The van der Waals surface area contributed by atoms with Gasteiger partial charge in [0.05, 0.1) is 24.3 Å². The summed E-state index contributed by atoms with van der Waals surface area (Å²) < 4.78 is 40.2. The van der Waals surface area contributed by atoms with Crippen molar-refractivity contribution < 1.29 is 13.2 Å². The number of aromatic amines is 1. The molecule has 0 amide bonds. The lowest BCUT2D eigenvalue weighted by Crippen LogP contribution is -2.34. The van der Waals surface area contributed by atoms with Crippen molar-refractivity contribution in [3.8, 4) is 0 Å². The smallest absolute Gasteiger partial charge is 0.338 e. The van der Waals surface area contributed by atoms with E-state index < -0.39 is 11.9 Å². The molecule has 0 saturated carbocycles. The summed E-state index contributed by atoms with van der Waals surface area (Å²) in [4.78, 5) is 17.0. The highest BCUT2D eigenvalue weighted by molar-refractivity contribution is 5.36. The first kappa shape index (κ1) is 16.1. The molecule has 1 saturated heterocycles. The van der Waals surface area contributed by atoms with Crippen LogP contribution in [0.4, 0.5) is 13.2 Å². The second kappa shape index (κ2) is 6.14. The molecule has 0 radical (unpaired) electrons. The van der Waals surface area contributed by atoms with E-state index >= 15 is 0 Å². The normalized spacial score (nSPS) is 19.6. The molecule has 0 aliphatic carbocycles. The number of nitrogens with zero attached hydrogens (tertiary/aromatic N) is 5. The molecule has 1 atom stereocenters. The Morgan fingerprint density at radius 3 is 2.88 bits per heavy atom. The summed E-state index contributed by atoms with van der Waals surface area (Å²) in [6, 6.07) is 0. The molecule has 0 unspecified atom stereocenters. The van der Waals surface area contributed by atoms with E-state index in [0.717, 1.165) is 36.9 Å². The van der Waals surface area contributed by atoms with Crippen LogP contribution in [0.15, 0.2) is 31.0 Å². The van der Waals surface area contributed by atoms with Gasteiger partial charge in [0.15, 0.2) is 5.65 Å². The van der Waals surface area contributed by atoms with Gasteiger partial charge in [-0.05, 0) is 19.4 Å². The average molecular weight is 350 g/mol. The van der Waals surface area contributed by atoms with E-state index in [-0.39, 0.29) is 5.92 Å². The Kier molecular flexibility index (Phi) is 3.95. The number of imidazole rings is 2. The molecular formula is C16H17F3N6. The van der Waals surface area contributed by atoms with Crippen LogP contribution in [0.1, 0.15) is 36.0 Å². The lowest BCUT2D eigenvalue weighted by Gasteiger charge is -2.31. The van der Waals surface area contributed by atoms with Gasteiger partial charge in [-0.25, -0.2) is 9.97 Å². The first-order valence-electron chi connectivity index (χ1n) is 8.11. The number of hydrogen-bond acceptors (Lipinski definition) is 4. The minimum atomic E-state index is -4.38. The zero-order valence-corrected chi connectivity index (χ0v) is 13.4. The lowest BCUT2D eigenvalue weighted by molar-refractivity contribution is -0.141. The van der Waals surface area contributed by atoms with E-state index in [4.69, 9.17) is 0 Å². The number of alkyl halides is 3. The van der Waals surface area contributed by atoms with Crippen LogP contribution in [0, 0.1) is 0 Å². The molecular weight excluding hydrogens is 333 g/mol. The average Bonchev–Trinajstić information content (AvgIpc) is 3.23. The van der Waals surface area contributed by atoms with Crippen molar-refractivity contribution in [1.82, 2.24) is 29.2 Å². The summed E-state index contributed by atoms with van der Waals surface area (Å²) in [6.07, 6.45) is 5.33. The van der Waals surface area contributed by atoms with Gasteiger partial charge in [-0.15, -0.1) is 0 Å². The number of likely N-dealkylation sites (tertiary alicyclic amines) is 1. The van der Waals surface area contributed by atoms with E-state index in [1.165, 1.54) is 0 Å². The molecule has 0 spiro atoms. The van der Waals surface area contributed by atoms with Crippen LogP contribution in [-0.2, 0) is 12.7 Å². The lowest BCUT2D eigenvalue weighted by atomic mass is 9.97. The van der Waals surface area contributed by atoms with Crippen molar-refractivity contribution in [2.24, 2.45) is 0 Å². The van der Waals surface area contributed by atoms with Gasteiger partial charge in [0, 0.05) is 31.4 Å². The maximum absolute atomic E-state index is 12.7. The summed E-state index contributed by atoms with van der Waals surface area (Å²) in [6.45, 7) is 2.26. The second-order valence-corrected chi connectivity index (χ2v) is 6.31. The molecule has 1 fully saturated rings. The zero-order chi connectivity index (χ0) is 17.4. The van der Waals surface area contributed by atoms with E-state index in [9.17, 15) is 13.2 Å². The van der Waals surface area contributed by atoms with Crippen LogP contribution in [-0.4, -0.2) is 42.3 Å². The van der Waals surface area contributed by atoms with Gasteiger partial charge in [0.1, 0.15) is 11.5 Å². The SMILES string of the molecule is FC(F)(F)c1cnc([C@@H]2CCCN(Cc3cnc4cnccn34)C2)[nH]1. The monoisotopic (exact) mass is 350 g/mol. The molecule has 3 aromatic rings. The standard InChI is InChI=1S/C16H17F3N6/c17-16(18,19)13-7-22-15(23-13)11-2-1-4-24(9-11)10-12-6-21-14-8-20-3-5-25(12)14/h3,5-8,11H,1-2,4,9-10H2,(H,22,23)/t11-/m1/s1. The summed E-state index contributed by atoms with van der Waals surface area (Å²) in [7, 11) is 0. The number of rotatable bonds is 3. The third-order valence-electron chi connectivity index (χ3n) is 4.57. The minimum absolute atomic E-state index is 0.0225. The molecule has 3 aromatic heterocycles. The number of aromatic nitrogens is 5. The van der Waals surface area contributed by atoms with Gasteiger partial charge in [-0.2, -0.15) is 13.2 Å². The minimum Gasteiger partial charge on any atom is -0.338 e. The van der Waals surface area contributed by atoms with Gasteiger partial charge in [-0.3, -0.25) is 14.3 Å². The molecule has 1 aliphatic heterocycles. The topological polar surface area (TPSA) is 62.1 Å². The Labute approximate surface area is 141 Å². The fourth-order valence-electron chi connectivity index (χ4n) is 3.35. The first-order valence-corrected chi connectivity index (χ1v) is 8.11. The molecule has 25 heavy (non-hydrogen) atoms. The summed E-state index contributed by atoms with van der Waals surface area (Å²) in [5.41, 5.74) is 1.04. The number of H-pyrrole nitrogens is 1. The van der Waals surface area contributed by atoms with Crippen molar-refractivity contribution in [2.45, 2.75) is 31.5 Å². The first-order chi connectivity index (χ1) is 12.0. The van der Waals surface area contributed by atoms with Crippen molar-refractivity contribution in [2.75, 3.05) is 13.1 Å². The van der Waals surface area contributed by atoms with Crippen LogP contribution in [0.5, 0.6) is 0 Å². The predicted molar refractivity (Wildman–Crippen MR) is 83.8 cm³/mol. The molecule has 1 aliphatic rings. The van der Waals surface area contributed by atoms with Crippen LogP contribution in [0.2, 0.25) is 0 Å². The van der Waals surface area contributed by atoms with Gasteiger partial charge in [-0.1, -0.05) is 0 Å². The highest BCUT2D eigenvalue weighted by atomic mass is 19.4. The Balaban J connectivity index is 1.48. The molecule has 6 nitrogen and oxygen atoms in total. The fraction of sp³-hybridized carbons (Fsp3) is 0.438. The molecule has 9 heteroatoms. The number of halogens is 3. The quantitative estimate of drug-likeness (QED) is 0.789. The predicted octanol–water partition coefficient (Wildman–Crippen LogP) is 2.85. The summed E-state index contributed by atoms with van der Waals surface area (Å²) >= 11 is 0. The van der Waals surface area contributed by atoms with Gasteiger partial charge in [0.25, 0.3) is 0 Å². The third kappa shape index (κ3) is 3.23. The third-order valence-corrected chi connectivity index (χ3v) is 4.57. The van der Waals surface area contributed by atoms with Crippen LogP contribution < -0.4 is 0 Å². The summed E-state index contributed by atoms with van der Waals surface area (Å²) in [5, 5.41) is 0. The highest BCUT2D eigenvalue weighted by Gasteiger charge is 2.34. The molecule has 132 valence electrons. The largest absolute Gasteiger partial charge is 0.432 e. The van der Waals surface area contributed by atoms with Crippen molar-refractivity contribution >= 4 is 5.65 Å². The van der Waals surface area contributed by atoms with E-state index in [0.29, 0.717) is 18.9 Å². The number of hydrogen-bond donors (Lipinski definition) is 1. The Morgan fingerprint density at radius 1 is 1.20 bits per heavy atom. The Bertz CT molecular complexity index is 868. The summed E-state index contributed by atoms with van der Waals surface area (Å²) in [5.74, 6) is 0.394. The van der Waals surface area contributed by atoms with Gasteiger partial charge >= 0.3 is 6.18 Å². The number of piperidine rings is 1. The Hall–Kier alpha value is -2.42. The Morgan fingerprint density at radius 2 is 2.08 bits per heavy atom. The van der Waals surface area contributed by atoms with E-state index in [1.54, 1.807) is 12.4 Å². The van der Waals surface area contributed by atoms with Crippen LogP contribution in [0.3, 0.4) is 0 Å². The number of nitrogens with one attached hydrogen (secondary N) is 1. The van der Waals surface area contributed by atoms with Gasteiger partial charge < -0.3 is 4.98 Å². The molecule has 4 heterocycles. The van der Waals surface area contributed by atoms with Gasteiger partial charge in [0.2, 0.25) is 0 Å². The maximum Gasteiger partial charge on any atom is 0.432 e. The number of fused-ring (bicyclic) bond motifs is 1.